The fourth-order valence-corrected chi connectivity index (χ4v) is 2.99. The van der Waals surface area contributed by atoms with E-state index in [9.17, 15) is 0 Å². The van der Waals surface area contributed by atoms with E-state index in [0.717, 1.165) is 25.1 Å². The minimum atomic E-state index is 0.229. The fourth-order valence-electron chi connectivity index (χ4n) is 2.87. The van der Waals surface area contributed by atoms with Gasteiger partial charge in [0.2, 0.25) is 11.7 Å². The summed E-state index contributed by atoms with van der Waals surface area (Å²) in [5.74, 6) is 1.82. The Kier molecular flexibility index (Phi) is 4.24. The average molecular weight is 307 g/mol. The molecule has 1 aliphatic heterocycles. The molecule has 1 aromatic carbocycles. The van der Waals surface area contributed by atoms with Gasteiger partial charge in [-0.05, 0) is 36.6 Å². The van der Waals surface area contributed by atoms with Gasteiger partial charge < -0.3 is 10.3 Å². The van der Waals surface area contributed by atoms with Gasteiger partial charge in [-0.2, -0.15) is 4.98 Å². The van der Waals surface area contributed by atoms with Crippen molar-refractivity contribution in [2.45, 2.75) is 25.9 Å². The first-order chi connectivity index (χ1) is 10.1. The molecule has 6 heteroatoms. The van der Waals surface area contributed by atoms with Crippen molar-refractivity contribution in [1.82, 2.24) is 15.0 Å². The molecule has 21 heavy (non-hydrogen) atoms. The van der Waals surface area contributed by atoms with Gasteiger partial charge in [0.1, 0.15) is 0 Å². The summed E-state index contributed by atoms with van der Waals surface area (Å²) in [5.41, 5.74) is 6.96. The van der Waals surface area contributed by atoms with E-state index < -0.39 is 0 Å². The second-order valence-electron chi connectivity index (χ2n) is 5.81. The predicted octanol–water partition coefficient (Wildman–Crippen LogP) is 2.56. The number of nitrogens with two attached hydrogens (primary N) is 1. The van der Waals surface area contributed by atoms with Crippen LogP contribution < -0.4 is 5.73 Å². The van der Waals surface area contributed by atoms with Crippen LogP contribution in [-0.2, 0) is 6.54 Å². The molecular formula is C15H19ClN4O. The summed E-state index contributed by atoms with van der Waals surface area (Å²) >= 11 is 5.88. The molecule has 1 aromatic heterocycles. The Morgan fingerprint density at radius 3 is 2.81 bits per heavy atom. The van der Waals surface area contributed by atoms with Crippen molar-refractivity contribution in [2.75, 3.05) is 13.1 Å². The highest BCUT2D eigenvalue weighted by atomic mass is 35.5. The van der Waals surface area contributed by atoms with Crippen molar-refractivity contribution in [3.63, 3.8) is 0 Å². The maximum absolute atomic E-state index is 6.06. The van der Waals surface area contributed by atoms with Crippen LogP contribution in [0.5, 0.6) is 0 Å². The smallest absolute Gasteiger partial charge is 0.241 e. The molecule has 2 heterocycles. The lowest BCUT2D eigenvalue weighted by atomic mass is 9.97. The van der Waals surface area contributed by atoms with Crippen LogP contribution >= 0.6 is 11.6 Å². The quantitative estimate of drug-likeness (QED) is 0.944. The standard InChI is InChI=1S/C15H19ClN4O/c1-10-6-13(17)8-20(7-10)9-14-18-15(19-21-14)11-2-4-12(16)5-3-11/h2-5,10,13H,6-9,17H2,1H3. The van der Waals surface area contributed by atoms with Gasteiger partial charge in [0.05, 0.1) is 6.54 Å². The molecule has 1 fully saturated rings. The first-order valence-corrected chi connectivity index (χ1v) is 7.54. The molecule has 0 aliphatic carbocycles. The van der Waals surface area contributed by atoms with Gasteiger partial charge in [-0.3, -0.25) is 4.90 Å². The summed E-state index contributed by atoms with van der Waals surface area (Å²) in [6, 6.07) is 7.63. The van der Waals surface area contributed by atoms with Crippen LogP contribution in [0, 0.1) is 5.92 Å². The van der Waals surface area contributed by atoms with Gasteiger partial charge in [0, 0.05) is 29.7 Å². The van der Waals surface area contributed by atoms with E-state index in [1.54, 1.807) is 0 Å². The summed E-state index contributed by atoms with van der Waals surface area (Å²) in [4.78, 5) is 6.73. The lowest BCUT2D eigenvalue weighted by molar-refractivity contribution is 0.142. The number of aromatic nitrogens is 2. The van der Waals surface area contributed by atoms with Crippen molar-refractivity contribution in [1.29, 1.82) is 0 Å². The molecule has 2 unspecified atom stereocenters. The Hall–Kier alpha value is -1.43. The molecule has 1 saturated heterocycles. The molecule has 2 N–H and O–H groups in total. The molecule has 3 rings (SSSR count). The zero-order valence-corrected chi connectivity index (χ0v) is 12.8. The summed E-state index contributed by atoms with van der Waals surface area (Å²) < 4.78 is 5.35. The number of hydrogen-bond acceptors (Lipinski definition) is 5. The van der Waals surface area contributed by atoms with Crippen LogP contribution in [0.2, 0.25) is 5.02 Å². The van der Waals surface area contributed by atoms with E-state index >= 15 is 0 Å². The van der Waals surface area contributed by atoms with Gasteiger partial charge in [0.15, 0.2) is 0 Å². The first-order valence-electron chi connectivity index (χ1n) is 7.16. The van der Waals surface area contributed by atoms with E-state index in [0.29, 0.717) is 29.2 Å². The molecule has 5 nitrogen and oxygen atoms in total. The Morgan fingerprint density at radius 2 is 2.10 bits per heavy atom. The number of likely N-dealkylation sites (tertiary alicyclic amines) is 1. The SMILES string of the molecule is CC1CC(N)CN(Cc2nc(-c3ccc(Cl)cc3)no2)C1. The van der Waals surface area contributed by atoms with Gasteiger partial charge in [-0.25, -0.2) is 0 Å². The second kappa shape index (κ2) is 6.13. The Morgan fingerprint density at radius 1 is 1.33 bits per heavy atom. The number of halogens is 1. The Bertz CT molecular complexity index is 588. The molecule has 0 spiro atoms. The minimum absolute atomic E-state index is 0.229. The Balaban J connectivity index is 1.69. The highest BCUT2D eigenvalue weighted by Gasteiger charge is 2.23. The van der Waals surface area contributed by atoms with Crippen molar-refractivity contribution in [2.24, 2.45) is 11.7 Å². The van der Waals surface area contributed by atoms with Gasteiger partial charge in [-0.1, -0.05) is 23.7 Å². The molecule has 2 atom stereocenters. The zero-order valence-electron chi connectivity index (χ0n) is 12.0. The molecular weight excluding hydrogens is 288 g/mol. The third-order valence-corrected chi connectivity index (χ3v) is 3.95. The fraction of sp³-hybridized carbons (Fsp3) is 0.467. The summed E-state index contributed by atoms with van der Waals surface area (Å²) in [6.45, 7) is 4.77. The average Bonchev–Trinajstić information content (AvgIpc) is 2.87. The van der Waals surface area contributed by atoms with Crippen LogP contribution in [0.4, 0.5) is 0 Å². The van der Waals surface area contributed by atoms with Crippen molar-refractivity contribution in [3.8, 4) is 11.4 Å². The number of hydrogen-bond donors (Lipinski definition) is 1. The highest BCUT2D eigenvalue weighted by Crippen LogP contribution is 2.20. The molecule has 0 radical (unpaired) electrons. The molecule has 112 valence electrons. The lowest BCUT2D eigenvalue weighted by Gasteiger charge is -2.33. The lowest BCUT2D eigenvalue weighted by Crippen LogP contribution is -2.45. The second-order valence-corrected chi connectivity index (χ2v) is 6.25. The van der Waals surface area contributed by atoms with Gasteiger partial charge in [0.25, 0.3) is 0 Å². The van der Waals surface area contributed by atoms with Crippen molar-refractivity contribution >= 4 is 11.6 Å². The third kappa shape index (κ3) is 3.61. The number of benzene rings is 1. The Labute approximate surface area is 129 Å². The predicted molar refractivity (Wildman–Crippen MR) is 81.8 cm³/mol. The van der Waals surface area contributed by atoms with Crippen LogP contribution in [0.3, 0.4) is 0 Å². The van der Waals surface area contributed by atoms with Gasteiger partial charge in [-0.15, -0.1) is 0 Å². The largest absolute Gasteiger partial charge is 0.338 e. The monoisotopic (exact) mass is 306 g/mol. The van der Waals surface area contributed by atoms with Crippen molar-refractivity contribution < 1.29 is 4.52 Å². The van der Waals surface area contributed by atoms with E-state index in [2.05, 4.69) is 22.0 Å². The molecule has 0 bridgehead atoms. The maximum atomic E-state index is 6.06. The van der Waals surface area contributed by atoms with E-state index in [1.807, 2.05) is 24.3 Å². The number of nitrogens with zero attached hydrogens (tertiary/aromatic N) is 3. The van der Waals surface area contributed by atoms with E-state index in [-0.39, 0.29) is 6.04 Å². The summed E-state index contributed by atoms with van der Waals surface area (Å²) in [7, 11) is 0. The first kappa shape index (κ1) is 14.5. The van der Waals surface area contributed by atoms with Crippen LogP contribution in [0.1, 0.15) is 19.2 Å². The van der Waals surface area contributed by atoms with Crippen molar-refractivity contribution in [3.05, 3.63) is 35.2 Å². The van der Waals surface area contributed by atoms with Crippen LogP contribution in [0.15, 0.2) is 28.8 Å². The maximum Gasteiger partial charge on any atom is 0.241 e. The highest BCUT2D eigenvalue weighted by molar-refractivity contribution is 6.30. The summed E-state index contributed by atoms with van der Waals surface area (Å²) in [6.07, 6.45) is 1.08. The van der Waals surface area contributed by atoms with Crippen LogP contribution in [-0.4, -0.2) is 34.2 Å². The molecule has 1 aliphatic rings. The third-order valence-electron chi connectivity index (χ3n) is 3.70. The number of rotatable bonds is 3. The van der Waals surface area contributed by atoms with E-state index in [4.69, 9.17) is 21.9 Å². The molecule has 2 aromatic rings. The van der Waals surface area contributed by atoms with Gasteiger partial charge >= 0.3 is 0 Å². The molecule has 0 amide bonds. The normalized spacial score (nSPS) is 23.4. The molecule has 0 saturated carbocycles. The van der Waals surface area contributed by atoms with E-state index in [1.165, 1.54) is 0 Å². The summed E-state index contributed by atoms with van der Waals surface area (Å²) in [5, 5.41) is 4.73. The number of piperidine rings is 1. The van der Waals surface area contributed by atoms with Crippen LogP contribution in [0.25, 0.3) is 11.4 Å². The zero-order chi connectivity index (χ0) is 14.8. The topological polar surface area (TPSA) is 68.2 Å². The minimum Gasteiger partial charge on any atom is -0.338 e.